The molecule has 0 aliphatic carbocycles. The molecule has 3 aromatic rings. The fraction of sp³-hybridized carbons (Fsp3) is 0.519. The zero-order valence-electron chi connectivity index (χ0n) is 20.0. The summed E-state index contributed by atoms with van der Waals surface area (Å²) in [4.78, 5) is 42.8. The van der Waals surface area contributed by atoms with E-state index in [2.05, 4.69) is 4.90 Å². The molecule has 3 aliphatic heterocycles. The normalized spacial score (nSPS) is 24.7. The highest BCUT2D eigenvalue weighted by molar-refractivity contribution is 6.00. The van der Waals surface area contributed by atoms with E-state index in [0.29, 0.717) is 42.5 Å². The van der Waals surface area contributed by atoms with Crippen molar-refractivity contribution in [3.63, 3.8) is 0 Å². The second kappa shape index (κ2) is 7.72. The molecule has 7 heteroatoms. The molecular formula is C27H30N2O5. The number of benzene rings is 1. The van der Waals surface area contributed by atoms with Gasteiger partial charge in [0.1, 0.15) is 11.2 Å². The van der Waals surface area contributed by atoms with Gasteiger partial charge in [0.2, 0.25) is 11.8 Å². The van der Waals surface area contributed by atoms with Crippen LogP contribution in [0.4, 0.5) is 0 Å². The Bertz CT molecular complexity index is 1400. The first-order chi connectivity index (χ1) is 16.3. The minimum atomic E-state index is -0.453. The standard InChI is InChI=1S/C27H30N2O5/c1-14-13-33-25-16(3)26-20(8-19(14)25)15(2)21(27(32)34-26)9-24(31)28-10-17-7-18(12-28)22-5-4-6-23(30)29(22)11-17/h8,13,17-18,22H,4-7,9-12H2,1-3H3/t17-,18+,22-/m1/s1. The molecule has 0 radical (unpaired) electrons. The van der Waals surface area contributed by atoms with Gasteiger partial charge in [-0.3, -0.25) is 9.59 Å². The van der Waals surface area contributed by atoms with Crippen LogP contribution in [0, 0.1) is 32.6 Å². The van der Waals surface area contributed by atoms with E-state index in [9.17, 15) is 14.4 Å². The quantitative estimate of drug-likeness (QED) is 0.540. The third-order valence-corrected chi connectivity index (χ3v) is 8.40. The van der Waals surface area contributed by atoms with Crippen molar-refractivity contribution in [2.24, 2.45) is 11.8 Å². The molecule has 7 nitrogen and oxygen atoms in total. The largest absolute Gasteiger partial charge is 0.464 e. The molecule has 3 fully saturated rings. The fourth-order valence-corrected chi connectivity index (χ4v) is 6.60. The average Bonchev–Trinajstić information content (AvgIpc) is 3.19. The lowest BCUT2D eigenvalue weighted by atomic mass is 9.76. The van der Waals surface area contributed by atoms with Crippen LogP contribution in [0.15, 0.2) is 26.0 Å². The molecule has 0 unspecified atom stereocenters. The van der Waals surface area contributed by atoms with Gasteiger partial charge in [-0.1, -0.05) is 0 Å². The van der Waals surface area contributed by atoms with Gasteiger partial charge in [-0.15, -0.1) is 0 Å². The van der Waals surface area contributed by atoms with Crippen LogP contribution in [0.2, 0.25) is 0 Å². The van der Waals surface area contributed by atoms with Gasteiger partial charge in [-0.25, -0.2) is 4.79 Å². The molecule has 0 N–H and O–H groups in total. The van der Waals surface area contributed by atoms with Crippen molar-refractivity contribution < 1.29 is 18.4 Å². The molecule has 3 aliphatic rings. The van der Waals surface area contributed by atoms with E-state index in [1.54, 1.807) is 6.26 Å². The van der Waals surface area contributed by atoms with Gasteiger partial charge < -0.3 is 18.6 Å². The SMILES string of the molecule is Cc1coc2c(C)c3oc(=O)c(CC(=O)N4C[C@H]5C[C@@H](C4)[C@H]4CCCC(=O)N4C5)c(C)c3cc12. The maximum atomic E-state index is 13.4. The number of furan rings is 1. The maximum Gasteiger partial charge on any atom is 0.340 e. The van der Waals surface area contributed by atoms with E-state index in [1.807, 2.05) is 31.7 Å². The number of likely N-dealkylation sites (tertiary alicyclic amines) is 1. The Labute approximate surface area is 197 Å². The Hall–Kier alpha value is -3.09. The topological polar surface area (TPSA) is 84.0 Å². The fourth-order valence-electron chi connectivity index (χ4n) is 6.60. The number of aryl methyl sites for hydroxylation is 3. The summed E-state index contributed by atoms with van der Waals surface area (Å²) in [6.07, 6.45) is 5.45. The van der Waals surface area contributed by atoms with Crippen LogP contribution in [0.3, 0.4) is 0 Å². The third-order valence-electron chi connectivity index (χ3n) is 8.40. The van der Waals surface area contributed by atoms with Crippen molar-refractivity contribution in [3.8, 4) is 0 Å². The second-order valence-electron chi connectivity index (χ2n) is 10.5. The summed E-state index contributed by atoms with van der Waals surface area (Å²) < 4.78 is 11.4. The van der Waals surface area contributed by atoms with E-state index in [0.717, 1.165) is 58.9 Å². The summed E-state index contributed by atoms with van der Waals surface area (Å²) >= 11 is 0. The first-order valence-electron chi connectivity index (χ1n) is 12.3. The number of piperidine rings is 3. The van der Waals surface area contributed by atoms with E-state index < -0.39 is 5.63 Å². The lowest BCUT2D eigenvalue weighted by Gasteiger charge is -2.52. The van der Waals surface area contributed by atoms with Gasteiger partial charge in [0, 0.05) is 48.4 Å². The number of hydrogen-bond donors (Lipinski definition) is 0. The van der Waals surface area contributed by atoms with Gasteiger partial charge in [0.15, 0.2) is 0 Å². The first kappa shape index (κ1) is 21.4. The lowest BCUT2D eigenvalue weighted by Crippen LogP contribution is -2.61. The number of rotatable bonds is 2. The first-order valence-corrected chi connectivity index (χ1v) is 12.3. The summed E-state index contributed by atoms with van der Waals surface area (Å²) in [6, 6.07) is 2.26. The summed E-state index contributed by atoms with van der Waals surface area (Å²) in [5.41, 5.74) is 3.86. The minimum absolute atomic E-state index is 0.0303. The van der Waals surface area contributed by atoms with Crippen LogP contribution in [0.25, 0.3) is 21.9 Å². The zero-order valence-corrected chi connectivity index (χ0v) is 20.0. The molecule has 2 amide bonds. The number of nitrogens with zero attached hydrogens (tertiary/aromatic N) is 2. The number of amides is 2. The zero-order chi connectivity index (χ0) is 23.7. The van der Waals surface area contributed by atoms with Gasteiger partial charge in [0.25, 0.3) is 0 Å². The average molecular weight is 463 g/mol. The summed E-state index contributed by atoms with van der Waals surface area (Å²) in [5, 5.41) is 1.85. The molecule has 2 bridgehead atoms. The second-order valence-corrected chi connectivity index (χ2v) is 10.5. The van der Waals surface area contributed by atoms with Crippen LogP contribution < -0.4 is 5.63 Å². The molecule has 3 saturated heterocycles. The van der Waals surface area contributed by atoms with Crippen LogP contribution in [-0.2, 0) is 16.0 Å². The molecule has 178 valence electrons. The summed E-state index contributed by atoms with van der Waals surface area (Å²) in [5.74, 6) is 0.884. The Kier molecular flexibility index (Phi) is 4.87. The van der Waals surface area contributed by atoms with Gasteiger partial charge in [-0.05, 0) is 69.1 Å². The van der Waals surface area contributed by atoms with Crippen molar-refractivity contribution in [1.29, 1.82) is 0 Å². The molecule has 3 atom stereocenters. The molecule has 0 spiro atoms. The molecule has 34 heavy (non-hydrogen) atoms. The van der Waals surface area contributed by atoms with E-state index in [-0.39, 0.29) is 24.3 Å². The third kappa shape index (κ3) is 3.20. The Morgan fingerprint density at radius 1 is 1.06 bits per heavy atom. The molecule has 2 aromatic heterocycles. The van der Waals surface area contributed by atoms with Crippen LogP contribution in [0.1, 0.15) is 47.9 Å². The smallest absolute Gasteiger partial charge is 0.340 e. The lowest BCUT2D eigenvalue weighted by molar-refractivity contribution is -0.148. The summed E-state index contributed by atoms with van der Waals surface area (Å²) in [6.45, 7) is 7.85. The highest BCUT2D eigenvalue weighted by Crippen LogP contribution is 2.38. The minimum Gasteiger partial charge on any atom is -0.464 e. The molecule has 6 rings (SSSR count). The van der Waals surface area contributed by atoms with E-state index in [1.165, 1.54) is 0 Å². The van der Waals surface area contributed by atoms with Crippen LogP contribution >= 0.6 is 0 Å². The van der Waals surface area contributed by atoms with Crippen molar-refractivity contribution in [2.75, 3.05) is 19.6 Å². The Morgan fingerprint density at radius 3 is 2.71 bits per heavy atom. The Balaban J connectivity index is 1.30. The van der Waals surface area contributed by atoms with E-state index in [4.69, 9.17) is 8.83 Å². The molecule has 0 saturated carbocycles. The number of fused-ring (bicyclic) bond motifs is 6. The summed E-state index contributed by atoms with van der Waals surface area (Å²) in [7, 11) is 0. The predicted octanol–water partition coefficient (Wildman–Crippen LogP) is 3.87. The van der Waals surface area contributed by atoms with Gasteiger partial charge in [-0.2, -0.15) is 0 Å². The predicted molar refractivity (Wildman–Crippen MR) is 128 cm³/mol. The Morgan fingerprint density at radius 2 is 1.88 bits per heavy atom. The molecule has 1 aromatic carbocycles. The van der Waals surface area contributed by atoms with Crippen molar-refractivity contribution in [3.05, 3.63) is 45.0 Å². The molecular weight excluding hydrogens is 432 g/mol. The molecule has 5 heterocycles. The van der Waals surface area contributed by atoms with Gasteiger partial charge in [0.05, 0.1) is 18.2 Å². The van der Waals surface area contributed by atoms with Crippen molar-refractivity contribution >= 4 is 33.8 Å². The van der Waals surface area contributed by atoms with Crippen LogP contribution in [0.5, 0.6) is 0 Å². The van der Waals surface area contributed by atoms with Gasteiger partial charge >= 0.3 is 5.63 Å². The highest BCUT2D eigenvalue weighted by Gasteiger charge is 2.44. The number of carbonyl (C=O) groups excluding carboxylic acids is 2. The monoisotopic (exact) mass is 462 g/mol. The van der Waals surface area contributed by atoms with E-state index >= 15 is 0 Å². The maximum absolute atomic E-state index is 13.4. The van der Waals surface area contributed by atoms with Crippen LogP contribution in [-0.4, -0.2) is 47.3 Å². The number of carbonyl (C=O) groups is 2. The highest BCUT2D eigenvalue weighted by atomic mass is 16.4. The number of hydrogen-bond acceptors (Lipinski definition) is 5. The van der Waals surface area contributed by atoms with Crippen molar-refractivity contribution in [2.45, 2.75) is 58.9 Å². The van der Waals surface area contributed by atoms with Crippen molar-refractivity contribution in [1.82, 2.24) is 9.80 Å².